The Morgan fingerprint density at radius 2 is 1.86 bits per heavy atom. The summed E-state index contributed by atoms with van der Waals surface area (Å²) in [6.45, 7) is 0.838. The van der Waals surface area contributed by atoms with Crippen molar-refractivity contribution in [2.45, 2.75) is 11.8 Å². The molecule has 0 unspecified atom stereocenters. The van der Waals surface area contributed by atoms with Crippen LogP contribution in [0.15, 0.2) is 29.2 Å². The van der Waals surface area contributed by atoms with Crippen molar-refractivity contribution in [1.82, 2.24) is 15.2 Å². The van der Waals surface area contributed by atoms with Gasteiger partial charge in [0.05, 0.1) is 15.5 Å². The first-order valence-electron chi connectivity index (χ1n) is 7.30. The van der Waals surface area contributed by atoms with Crippen LogP contribution in [0, 0.1) is 6.92 Å². The third-order valence-electron chi connectivity index (χ3n) is 3.24. The van der Waals surface area contributed by atoms with Gasteiger partial charge in [-0.25, -0.2) is 13.2 Å². The molecule has 0 bridgehead atoms. The predicted octanol–water partition coefficient (Wildman–Crippen LogP) is 2.44. The van der Waals surface area contributed by atoms with E-state index in [9.17, 15) is 18.0 Å². The molecule has 9 nitrogen and oxygen atoms in total. The number of nitrogens with zero attached hydrogens (tertiary/aromatic N) is 1. The van der Waals surface area contributed by atoms with Crippen LogP contribution in [-0.2, 0) is 14.8 Å². The lowest BCUT2D eigenvalue weighted by molar-refractivity contribution is -0.123. The number of hydrogen-bond donors (Lipinski definition) is 3. The molecule has 1 amide bonds. The summed E-state index contributed by atoms with van der Waals surface area (Å²) in [5.74, 6) is -2.33. The second kappa shape index (κ2) is 8.93. The molecule has 0 radical (unpaired) electrons. The number of carboxylic acids is 1. The number of sulfonamides is 1. The molecule has 2 aromatic rings. The fourth-order valence-corrected chi connectivity index (χ4v) is 3.58. The SMILES string of the molecule is Cc1ccc(C(=O)O)cc1S(=O)(=O)NNC(=O)COc1nc(Cl)c(Cl)cc1Cl. The monoisotopic (exact) mass is 467 g/mol. The molecule has 0 aliphatic rings. The van der Waals surface area contributed by atoms with Crippen LogP contribution in [0.1, 0.15) is 15.9 Å². The summed E-state index contributed by atoms with van der Waals surface area (Å²) in [6, 6.07) is 4.84. The summed E-state index contributed by atoms with van der Waals surface area (Å²) in [6.07, 6.45) is 0. The Bertz CT molecular complexity index is 1050. The topological polar surface area (TPSA) is 135 Å². The van der Waals surface area contributed by atoms with Crippen molar-refractivity contribution in [1.29, 1.82) is 0 Å². The van der Waals surface area contributed by atoms with Gasteiger partial charge in [0, 0.05) is 0 Å². The van der Waals surface area contributed by atoms with Gasteiger partial charge in [-0.05, 0) is 30.7 Å². The Kier molecular flexibility index (Phi) is 7.07. The molecule has 28 heavy (non-hydrogen) atoms. The van der Waals surface area contributed by atoms with Gasteiger partial charge in [0.2, 0.25) is 5.88 Å². The number of hydrogen-bond acceptors (Lipinski definition) is 6. The number of carbonyl (C=O) groups excluding carboxylic acids is 1. The number of nitrogens with one attached hydrogen (secondary N) is 2. The second-order valence-corrected chi connectivity index (χ2v) is 8.10. The van der Waals surface area contributed by atoms with Gasteiger partial charge in [-0.15, -0.1) is 4.83 Å². The molecular weight excluding hydrogens is 457 g/mol. The van der Waals surface area contributed by atoms with Crippen LogP contribution >= 0.6 is 34.8 Å². The molecule has 0 aliphatic carbocycles. The molecule has 0 saturated heterocycles. The molecule has 0 atom stereocenters. The highest BCUT2D eigenvalue weighted by atomic mass is 35.5. The van der Waals surface area contributed by atoms with E-state index in [2.05, 4.69) is 4.98 Å². The number of halogens is 3. The highest BCUT2D eigenvalue weighted by molar-refractivity contribution is 7.89. The van der Waals surface area contributed by atoms with Gasteiger partial charge >= 0.3 is 5.97 Å². The normalized spacial score (nSPS) is 11.1. The molecule has 0 spiro atoms. The lowest BCUT2D eigenvalue weighted by Crippen LogP contribution is -2.44. The van der Waals surface area contributed by atoms with Crippen LogP contribution in [0.25, 0.3) is 0 Å². The van der Waals surface area contributed by atoms with Crippen LogP contribution < -0.4 is 15.0 Å². The van der Waals surface area contributed by atoms with E-state index < -0.39 is 28.5 Å². The molecule has 1 aromatic carbocycles. The average molecular weight is 469 g/mol. The molecule has 3 N–H and O–H groups in total. The van der Waals surface area contributed by atoms with E-state index in [1.807, 2.05) is 10.3 Å². The van der Waals surface area contributed by atoms with Crippen molar-refractivity contribution >= 4 is 56.7 Å². The smallest absolute Gasteiger partial charge is 0.335 e. The number of carboxylic acid groups (broad SMARTS) is 1. The molecule has 0 saturated carbocycles. The van der Waals surface area contributed by atoms with Crippen molar-refractivity contribution in [3.63, 3.8) is 0 Å². The lowest BCUT2D eigenvalue weighted by Gasteiger charge is -2.12. The summed E-state index contributed by atoms with van der Waals surface area (Å²) in [5.41, 5.74) is 2.00. The summed E-state index contributed by atoms with van der Waals surface area (Å²) in [4.78, 5) is 28.1. The van der Waals surface area contributed by atoms with Crippen LogP contribution in [0.5, 0.6) is 5.88 Å². The fourth-order valence-electron chi connectivity index (χ4n) is 1.90. The number of aryl methyl sites for hydroxylation is 1. The molecule has 1 aromatic heterocycles. The highest BCUT2D eigenvalue weighted by Crippen LogP contribution is 2.30. The van der Waals surface area contributed by atoms with Crippen molar-refractivity contribution in [3.8, 4) is 5.88 Å². The van der Waals surface area contributed by atoms with Crippen LogP contribution in [-0.4, -0.2) is 37.0 Å². The van der Waals surface area contributed by atoms with E-state index in [0.717, 1.165) is 6.07 Å². The Morgan fingerprint density at radius 1 is 1.18 bits per heavy atom. The summed E-state index contributed by atoms with van der Waals surface area (Å²) < 4.78 is 29.7. The maximum atomic E-state index is 12.3. The van der Waals surface area contributed by atoms with E-state index in [-0.39, 0.29) is 37.1 Å². The third-order valence-corrected chi connectivity index (χ3v) is 5.58. The van der Waals surface area contributed by atoms with Crippen LogP contribution in [0.2, 0.25) is 15.2 Å². The third kappa shape index (κ3) is 5.46. The van der Waals surface area contributed by atoms with E-state index in [4.69, 9.17) is 44.6 Å². The molecule has 0 aliphatic heterocycles. The predicted molar refractivity (Wildman–Crippen MR) is 101 cm³/mol. The van der Waals surface area contributed by atoms with E-state index in [1.54, 1.807) is 0 Å². The molecule has 2 rings (SSSR count). The number of benzene rings is 1. The van der Waals surface area contributed by atoms with E-state index in [1.165, 1.54) is 25.1 Å². The molecule has 1 heterocycles. The standard InChI is InChI=1S/C15H12Cl3N3O6S/c1-7-2-3-8(15(23)24)4-11(7)28(25,26)21-20-12(22)6-27-14-10(17)5-9(16)13(18)19-14/h2-5,21H,6H2,1H3,(H,20,22)(H,23,24). The second-order valence-electron chi connectivity index (χ2n) is 5.28. The Hall–Kier alpha value is -2.11. The Morgan fingerprint density at radius 3 is 2.50 bits per heavy atom. The van der Waals surface area contributed by atoms with Gasteiger partial charge < -0.3 is 9.84 Å². The van der Waals surface area contributed by atoms with Crippen molar-refractivity contribution in [2.75, 3.05) is 6.61 Å². The molecule has 0 fully saturated rings. The number of carbonyl (C=O) groups is 2. The minimum absolute atomic E-state index is 0.00360. The first-order valence-corrected chi connectivity index (χ1v) is 9.92. The number of hydrazine groups is 1. The maximum Gasteiger partial charge on any atom is 0.335 e. The number of amides is 1. The van der Waals surface area contributed by atoms with Crippen molar-refractivity contribution < 1.29 is 27.9 Å². The largest absolute Gasteiger partial charge is 0.478 e. The van der Waals surface area contributed by atoms with Gasteiger partial charge in [-0.2, -0.15) is 4.98 Å². The highest BCUT2D eigenvalue weighted by Gasteiger charge is 2.20. The number of pyridine rings is 1. The van der Waals surface area contributed by atoms with Crippen molar-refractivity contribution in [2.24, 2.45) is 0 Å². The number of aromatic carboxylic acids is 1. The van der Waals surface area contributed by atoms with E-state index >= 15 is 0 Å². The fraction of sp³-hybridized carbons (Fsp3) is 0.133. The van der Waals surface area contributed by atoms with Gasteiger partial charge in [0.1, 0.15) is 5.02 Å². The first kappa shape index (κ1) is 22.2. The average Bonchev–Trinajstić information content (AvgIpc) is 2.62. The van der Waals surface area contributed by atoms with Crippen LogP contribution in [0.3, 0.4) is 0 Å². The number of rotatable bonds is 7. The lowest BCUT2D eigenvalue weighted by atomic mass is 10.1. The molecule has 13 heteroatoms. The minimum atomic E-state index is -4.23. The Labute approximate surface area is 174 Å². The van der Waals surface area contributed by atoms with E-state index in [0.29, 0.717) is 0 Å². The minimum Gasteiger partial charge on any atom is -0.478 e. The van der Waals surface area contributed by atoms with Gasteiger partial charge in [0.15, 0.2) is 11.8 Å². The number of aromatic nitrogens is 1. The first-order chi connectivity index (χ1) is 13.0. The summed E-state index contributed by atoms with van der Waals surface area (Å²) in [7, 11) is -4.23. The summed E-state index contributed by atoms with van der Waals surface area (Å²) in [5, 5.41) is 8.99. The van der Waals surface area contributed by atoms with Crippen molar-refractivity contribution in [3.05, 3.63) is 50.6 Å². The Balaban J connectivity index is 2.03. The molecular formula is C15H12Cl3N3O6S. The maximum absolute atomic E-state index is 12.3. The zero-order valence-corrected chi connectivity index (χ0v) is 17.1. The quantitative estimate of drug-likeness (QED) is 0.419. The zero-order valence-electron chi connectivity index (χ0n) is 14.0. The zero-order chi connectivity index (χ0) is 21.1. The summed E-state index contributed by atoms with van der Waals surface area (Å²) >= 11 is 17.3. The van der Waals surface area contributed by atoms with Gasteiger partial charge in [0.25, 0.3) is 15.9 Å². The molecule has 150 valence electrons. The van der Waals surface area contributed by atoms with Gasteiger partial charge in [-0.1, -0.05) is 40.9 Å². The van der Waals surface area contributed by atoms with Crippen LogP contribution in [0.4, 0.5) is 0 Å². The number of ether oxygens (including phenoxy) is 1. The van der Waals surface area contributed by atoms with Gasteiger partial charge in [-0.3, -0.25) is 10.2 Å².